The molecule has 0 radical (unpaired) electrons. The van der Waals surface area contributed by atoms with Crippen molar-refractivity contribution >= 4 is 17.5 Å². The summed E-state index contributed by atoms with van der Waals surface area (Å²) in [6.07, 6.45) is 0.129. The van der Waals surface area contributed by atoms with Gasteiger partial charge in [0.1, 0.15) is 11.6 Å². The predicted molar refractivity (Wildman–Crippen MR) is 85.0 cm³/mol. The fraction of sp³-hybridized carbons (Fsp3) is 0.176. The molecule has 2 rings (SSSR count). The van der Waals surface area contributed by atoms with Gasteiger partial charge in [-0.2, -0.15) is 0 Å². The van der Waals surface area contributed by atoms with Crippen LogP contribution in [0.3, 0.4) is 0 Å². The van der Waals surface area contributed by atoms with E-state index in [4.69, 9.17) is 4.74 Å². The summed E-state index contributed by atoms with van der Waals surface area (Å²) in [5.41, 5.74) is 0.971. The first-order valence-electron chi connectivity index (χ1n) is 7.06. The van der Waals surface area contributed by atoms with Crippen LogP contribution < -0.4 is 15.4 Å². The van der Waals surface area contributed by atoms with Gasteiger partial charge in [0.2, 0.25) is 5.91 Å². The van der Waals surface area contributed by atoms with Gasteiger partial charge in [0, 0.05) is 30.3 Å². The van der Waals surface area contributed by atoms with Crippen LogP contribution in [0.1, 0.15) is 16.8 Å². The second-order valence-electron chi connectivity index (χ2n) is 4.79. The number of hydrogen-bond acceptors (Lipinski definition) is 3. The molecule has 120 valence electrons. The van der Waals surface area contributed by atoms with Crippen LogP contribution in [-0.4, -0.2) is 25.5 Å². The van der Waals surface area contributed by atoms with Crippen molar-refractivity contribution in [1.82, 2.24) is 5.32 Å². The van der Waals surface area contributed by atoms with E-state index < -0.39 is 5.82 Å². The molecule has 23 heavy (non-hydrogen) atoms. The van der Waals surface area contributed by atoms with E-state index >= 15 is 0 Å². The number of carbonyl (C=O) groups excluding carboxylic acids is 2. The molecule has 0 atom stereocenters. The highest BCUT2D eigenvalue weighted by atomic mass is 19.1. The SMILES string of the molecule is COc1cccc(NC(=O)CCNC(=O)c2ccc(F)cc2)c1. The minimum Gasteiger partial charge on any atom is -0.497 e. The Balaban J connectivity index is 1.78. The average Bonchev–Trinajstić information content (AvgIpc) is 2.55. The molecule has 0 aliphatic rings. The molecule has 0 bridgehead atoms. The summed E-state index contributed by atoms with van der Waals surface area (Å²) in [5, 5.41) is 5.33. The summed E-state index contributed by atoms with van der Waals surface area (Å²) in [5.74, 6) is -0.330. The molecule has 0 spiro atoms. The monoisotopic (exact) mass is 316 g/mol. The molecule has 2 N–H and O–H groups in total. The van der Waals surface area contributed by atoms with Crippen molar-refractivity contribution in [1.29, 1.82) is 0 Å². The molecular formula is C17H17FN2O3. The standard InChI is InChI=1S/C17H17FN2O3/c1-23-15-4-2-3-14(11-15)20-16(21)9-10-19-17(22)12-5-7-13(18)8-6-12/h2-8,11H,9-10H2,1H3,(H,19,22)(H,20,21). The van der Waals surface area contributed by atoms with Crippen LogP contribution in [0.25, 0.3) is 0 Å². The van der Waals surface area contributed by atoms with Gasteiger partial charge in [-0.25, -0.2) is 4.39 Å². The van der Waals surface area contributed by atoms with Crippen LogP contribution in [0.2, 0.25) is 0 Å². The molecule has 5 nitrogen and oxygen atoms in total. The summed E-state index contributed by atoms with van der Waals surface area (Å²) in [4.78, 5) is 23.6. The second kappa shape index (κ2) is 7.93. The van der Waals surface area contributed by atoms with Crippen molar-refractivity contribution in [3.63, 3.8) is 0 Å². The maximum atomic E-state index is 12.8. The number of methoxy groups -OCH3 is 1. The summed E-state index contributed by atoms with van der Waals surface area (Å²) >= 11 is 0. The van der Waals surface area contributed by atoms with Crippen molar-refractivity contribution < 1.29 is 18.7 Å². The van der Waals surface area contributed by atoms with Crippen LogP contribution in [-0.2, 0) is 4.79 Å². The third kappa shape index (κ3) is 5.10. The Labute approximate surface area is 133 Å². The number of anilines is 1. The van der Waals surface area contributed by atoms with E-state index in [0.717, 1.165) is 0 Å². The first kappa shape index (κ1) is 16.5. The van der Waals surface area contributed by atoms with Gasteiger partial charge >= 0.3 is 0 Å². The highest BCUT2D eigenvalue weighted by molar-refractivity contribution is 5.95. The number of rotatable bonds is 6. The van der Waals surface area contributed by atoms with Gasteiger partial charge in [-0.1, -0.05) is 6.07 Å². The van der Waals surface area contributed by atoms with E-state index in [1.54, 1.807) is 31.4 Å². The fourth-order valence-electron chi connectivity index (χ4n) is 1.92. The molecule has 6 heteroatoms. The Morgan fingerprint density at radius 2 is 1.87 bits per heavy atom. The van der Waals surface area contributed by atoms with Crippen LogP contribution in [0, 0.1) is 5.82 Å². The molecule has 0 heterocycles. The van der Waals surface area contributed by atoms with Crippen molar-refractivity contribution in [2.75, 3.05) is 19.0 Å². The minimum absolute atomic E-state index is 0.129. The number of halogens is 1. The molecule has 0 fully saturated rings. The summed E-state index contributed by atoms with van der Waals surface area (Å²) in [6, 6.07) is 12.2. The lowest BCUT2D eigenvalue weighted by Crippen LogP contribution is -2.27. The van der Waals surface area contributed by atoms with Crippen molar-refractivity contribution in [3.05, 3.63) is 59.9 Å². The third-order valence-corrected chi connectivity index (χ3v) is 3.10. The maximum absolute atomic E-state index is 12.8. The van der Waals surface area contributed by atoms with Crippen molar-refractivity contribution in [3.8, 4) is 5.75 Å². The van der Waals surface area contributed by atoms with E-state index in [2.05, 4.69) is 10.6 Å². The smallest absolute Gasteiger partial charge is 0.251 e. The Hall–Kier alpha value is -2.89. The van der Waals surface area contributed by atoms with Crippen LogP contribution in [0.4, 0.5) is 10.1 Å². The van der Waals surface area contributed by atoms with E-state index in [9.17, 15) is 14.0 Å². The Kier molecular flexibility index (Phi) is 5.68. The number of amides is 2. The molecular weight excluding hydrogens is 299 g/mol. The number of hydrogen-bond donors (Lipinski definition) is 2. The summed E-state index contributed by atoms with van der Waals surface area (Å²) < 4.78 is 17.8. The van der Waals surface area contributed by atoms with Gasteiger partial charge in [-0.3, -0.25) is 9.59 Å². The lowest BCUT2D eigenvalue weighted by atomic mass is 10.2. The summed E-state index contributed by atoms with van der Waals surface area (Å²) in [6.45, 7) is 0.187. The number of nitrogens with one attached hydrogen (secondary N) is 2. The van der Waals surface area contributed by atoms with Crippen LogP contribution in [0.5, 0.6) is 5.75 Å². The lowest BCUT2D eigenvalue weighted by Gasteiger charge is -2.08. The molecule has 0 unspecified atom stereocenters. The average molecular weight is 316 g/mol. The van der Waals surface area contributed by atoms with Crippen LogP contribution >= 0.6 is 0 Å². The van der Waals surface area contributed by atoms with Crippen molar-refractivity contribution in [2.45, 2.75) is 6.42 Å². The highest BCUT2D eigenvalue weighted by Crippen LogP contribution is 2.16. The van der Waals surface area contributed by atoms with Gasteiger partial charge in [-0.05, 0) is 36.4 Å². The topological polar surface area (TPSA) is 67.4 Å². The molecule has 0 aliphatic carbocycles. The van der Waals surface area contributed by atoms with E-state index in [0.29, 0.717) is 17.0 Å². The molecule has 0 aromatic heterocycles. The molecule has 2 aromatic carbocycles. The van der Waals surface area contributed by atoms with E-state index in [1.165, 1.54) is 24.3 Å². The van der Waals surface area contributed by atoms with Gasteiger partial charge in [0.05, 0.1) is 7.11 Å². The second-order valence-corrected chi connectivity index (χ2v) is 4.79. The largest absolute Gasteiger partial charge is 0.497 e. The van der Waals surface area contributed by atoms with Crippen molar-refractivity contribution in [2.24, 2.45) is 0 Å². The zero-order valence-electron chi connectivity index (χ0n) is 12.6. The van der Waals surface area contributed by atoms with E-state index in [1.807, 2.05) is 0 Å². The maximum Gasteiger partial charge on any atom is 0.251 e. The Morgan fingerprint density at radius 3 is 2.57 bits per heavy atom. The fourth-order valence-corrected chi connectivity index (χ4v) is 1.92. The van der Waals surface area contributed by atoms with Gasteiger partial charge < -0.3 is 15.4 Å². The minimum atomic E-state index is -0.404. The number of ether oxygens (including phenoxy) is 1. The zero-order valence-corrected chi connectivity index (χ0v) is 12.6. The highest BCUT2D eigenvalue weighted by Gasteiger charge is 2.07. The Bertz CT molecular complexity index is 686. The molecule has 0 aliphatic heterocycles. The summed E-state index contributed by atoms with van der Waals surface area (Å²) in [7, 11) is 1.55. The third-order valence-electron chi connectivity index (χ3n) is 3.10. The Morgan fingerprint density at radius 1 is 1.13 bits per heavy atom. The van der Waals surface area contributed by atoms with Gasteiger partial charge in [0.25, 0.3) is 5.91 Å². The zero-order chi connectivity index (χ0) is 16.7. The van der Waals surface area contributed by atoms with Crippen LogP contribution in [0.15, 0.2) is 48.5 Å². The van der Waals surface area contributed by atoms with Gasteiger partial charge in [-0.15, -0.1) is 0 Å². The predicted octanol–water partition coefficient (Wildman–Crippen LogP) is 2.59. The lowest BCUT2D eigenvalue weighted by molar-refractivity contribution is -0.116. The quantitative estimate of drug-likeness (QED) is 0.861. The van der Waals surface area contributed by atoms with Gasteiger partial charge in [0.15, 0.2) is 0 Å². The number of carbonyl (C=O) groups is 2. The molecule has 0 saturated heterocycles. The first-order chi connectivity index (χ1) is 11.1. The first-order valence-corrected chi connectivity index (χ1v) is 7.06. The molecule has 0 saturated carbocycles. The number of benzene rings is 2. The van der Waals surface area contributed by atoms with E-state index in [-0.39, 0.29) is 24.8 Å². The molecule has 2 amide bonds. The normalized spacial score (nSPS) is 10.0. The molecule has 2 aromatic rings.